The van der Waals surface area contributed by atoms with Crippen molar-refractivity contribution < 1.29 is 9.59 Å². The summed E-state index contributed by atoms with van der Waals surface area (Å²) >= 11 is 3.60. The summed E-state index contributed by atoms with van der Waals surface area (Å²) in [4.78, 5) is 33.8. The highest BCUT2D eigenvalue weighted by atomic mass is 79.9. The van der Waals surface area contributed by atoms with E-state index in [-0.39, 0.29) is 17.9 Å². The lowest BCUT2D eigenvalue weighted by Gasteiger charge is -2.44. The third kappa shape index (κ3) is 3.62. The van der Waals surface area contributed by atoms with Crippen LogP contribution in [0, 0.1) is 0 Å². The molecule has 2 heterocycles. The van der Waals surface area contributed by atoms with Crippen molar-refractivity contribution in [1.29, 1.82) is 0 Å². The Bertz CT molecular complexity index is 1180. The van der Waals surface area contributed by atoms with E-state index in [1.165, 1.54) is 6.42 Å². The molecule has 2 aromatic carbocycles. The molecular weight excluding hydrogens is 468 g/mol. The number of halogens is 1. The number of fused-ring (bicyclic) bond motifs is 3. The Morgan fingerprint density at radius 2 is 1.84 bits per heavy atom. The van der Waals surface area contributed by atoms with E-state index >= 15 is 0 Å². The van der Waals surface area contributed by atoms with Gasteiger partial charge >= 0.3 is 0 Å². The predicted molar refractivity (Wildman–Crippen MR) is 127 cm³/mol. The monoisotopic (exact) mass is 494 g/mol. The van der Waals surface area contributed by atoms with Crippen LogP contribution in [0.3, 0.4) is 0 Å². The van der Waals surface area contributed by atoms with Crippen LogP contribution in [-0.4, -0.2) is 37.8 Å². The maximum atomic E-state index is 13.8. The van der Waals surface area contributed by atoms with Gasteiger partial charge in [0.25, 0.3) is 5.91 Å². The lowest BCUT2D eigenvalue weighted by molar-refractivity contribution is -0.134. The number of para-hydroxylation sites is 2. The molecule has 2 amide bonds. The molecule has 1 aromatic heterocycles. The van der Waals surface area contributed by atoms with Gasteiger partial charge in [0.1, 0.15) is 5.54 Å². The summed E-state index contributed by atoms with van der Waals surface area (Å²) in [6.45, 7) is 2.59. The Labute approximate surface area is 196 Å². The highest BCUT2D eigenvalue weighted by Gasteiger charge is 2.49. The van der Waals surface area contributed by atoms with E-state index in [1.807, 2.05) is 60.0 Å². The van der Waals surface area contributed by atoms with Crippen molar-refractivity contribution in [3.05, 3.63) is 64.4 Å². The van der Waals surface area contributed by atoms with Gasteiger partial charge in [0.15, 0.2) is 5.82 Å². The minimum atomic E-state index is -1.03. The summed E-state index contributed by atoms with van der Waals surface area (Å²) in [5.41, 5.74) is 1.59. The number of aromatic nitrogens is 2. The number of imidazole rings is 1. The Morgan fingerprint density at radius 3 is 2.62 bits per heavy atom. The van der Waals surface area contributed by atoms with E-state index in [2.05, 4.69) is 26.2 Å². The lowest BCUT2D eigenvalue weighted by atomic mass is 9.91. The quantitative estimate of drug-likeness (QED) is 0.573. The van der Waals surface area contributed by atoms with Gasteiger partial charge in [0.2, 0.25) is 5.91 Å². The molecule has 3 aromatic rings. The van der Waals surface area contributed by atoms with Crippen molar-refractivity contribution in [2.24, 2.45) is 0 Å². The van der Waals surface area contributed by atoms with Crippen LogP contribution in [-0.2, 0) is 17.9 Å². The fraction of sp³-hybridized carbons (Fsp3) is 0.400. The second-order valence-corrected chi connectivity index (χ2v) is 9.93. The number of hydrogen-bond acceptors (Lipinski definition) is 3. The smallest absolute Gasteiger partial charge is 0.291 e. The van der Waals surface area contributed by atoms with Crippen LogP contribution in [0.5, 0.6) is 0 Å². The Hall–Kier alpha value is -2.67. The molecule has 0 radical (unpaired) electrons. The van der Waals surface area contributed by atoms with Crippen LogP contribution in [0.4, 0.5) is 0 Å². The summed E-state index contributed by atoms with van der Waals surface area (Å²) in [6, 6.07) is 15.7. The first-order valence-corrected chi connectivity index (χ1v) is 12.1. The zero-order valence-electron chi connectivity index (χ0n) is 18.2. The van der Waals surface area contributed by atoms with Gasteiger partial charge in [-0.2, -0.15) is 0 Å². The number of nitrogens with zero attached hydrogens (tertiary/aromatic N) is 3. The topological polar surface area (TPSA) is 67.2 Å². The molecule has 0 saturated heterocycles. The van der Waals surface area contributed by atoms with Crippen LogP contribution >= 0.6 is 15.9 Å². The molecule has 2 aliphatic rings. The van der Waals surface area contributed by atoms with E-state index in [1.54, 1.807) is 4.90 Å². The van der Waals surface area contributed by atoms with Crippen LogP contribution < -0.4 is 5.32 Å². The summed E-state index contributed by atoms with van der Waals surface area (Å²) in [5, 5.41) is 3.27. The van der Waals surface area contributed by atoms with Crippen LogP contribution in [0.25, 0.3) is 11.0 Å². The first-order valence-electron chi connectivity index (χ1n) is 11.3. The first kappa shape index (κ1) is 21.2. The van der Waals surface area contributed by atoms with E-state index in [9.17, 15) is 9.59 Å². The molecule has 1 saturated carbocycles. The third-order valence-electron chi connectivity index (χ3n) is 6.87. The number of carbonyl (C=O) groups excluding carboxylic acids is 2. The number of rotatable bonds is 4. The van der Waals surface area contributed by atoms with Gasteiger partial charge in [0, 0.05) is 17.1 Å². The van der Waals surface area contributed by atoms with Crippen LogP contribution in [0.1, 0.15) is 55.2 Å². The number of nitrogens with one attached hydrogen (secondary N) is 1. The Balaban J connectivity index is 1.56. The lowest BCUT2D eigenvalue weighted by Crippen LogP contribution is -2.64. The second kappa shape index (κ2) is 8.35. The van der Waals surface area contributed by atoms with E-state index in [0.29, 0.717) is 18.9 Å². The Morgan fingerprint density at radius 1 is 1.12 bits per heavy atom. The number of carbonyl (C=O) groups is 2. The fourth-order valence-corrected chi connectivity index (χ4v) is 5.37. The zero-order chi connectivity index (χ0) is 22.3. The third-order valence-corrected chi connectivity index (χ3v) is 7.64. The number of amides is 2. The molecule has 32 heavy (non-hydrogen) atoms. The largest absolute Gasteiger partial charge is 0.351 e. The highest BCUT2D eigenvalue weighted by molar-refractivity contribution is 9.10. The molecule has 1 aliphatic carbocycles. The van der Waals surface area contributed by atoms with Gasteiger partial charge < -0.3 is 14.8 Å². The molecule has 0 bridgehead atoms. The van der Waals surface area contributed by atoms with Crippen molar-refractivity contribution in [1.82, 2.24) is 19.8 Å². The van der Waals surface area contributed by atoms with Crippen LogP contribution in [0.15, 0.2) is 53.0 Å². The Kier molecular flexibility index (Phi) is 5.53. The minimum absolute atomic E-state index is 0.0896. The van der Waals surface area contributed by atoms with Gasteiger partial charge in [-0.25, -0.2) is 4.98 Å². The summed E-state index contributed by atoms with van der Waals surface area (Å²) < 4.78 is 2.83. The molecule has 1 atom stereocenters. The van der Waals surface area contributed by atoms with E-state index < -0.39 is 5.54 Å². The number of benzene rings is 2. The molecule has 0 unspecified atom stereocenters. The highest BCUT2D eigenvalue weighted by Crippen LogP contribution is 2.33. The first-order chi connectivity index (χ1) is 15.5. The van der Waals surface area contributed by atoms with Crippen molar-refractivity contribution in [2.45, 2.75) is 63.7 Å². The average molecular weight is 495 g/mol. The van der Waals surface area contributed by atoms with E-state index in [0.717, 1.165) is 46.8 Å². The van der Waals surface area contributed by atoms with Crippen molar-refractivity contribution in [3.63, 3.8) is 0 Å². The maximum absolute atomic E-state index is 13.8. The summed E-state index contributed by atoms with van der Waals surface area (Å²) in [5.74, 6) is 0.0823. The van der Waals surface area contributed by atoms with Crippen molar-refractivity contribution >= 4 is 38.8 Å². The molecular formula is C25H27BrN4O2. The number of hydrogen-bond donors (Lipinski definition) is 1. The SMILES string of the molecule is C[C@@]1(C(=O)NC2CCCCC2)Cn2c(nc3ccccc32)C(=O)N1Cc1ccccc1Br. The predicted octanol–water partition coefficient (Wildman–Crippen LogP) is 4.66. The molecule has 1 fully saturated rings. The maximum Gasteiger partial charge on any atom is 0.291 e. The van der Waals surface area contributed by atoms with Gasteiger partial charge in [-0.15, -0.1) is 0 Å². The summed E-state index contributed by atoms with van der Waals surface area (Å²) in [6.07, 6.45) is 5.49. The van der Waals surface area contributed by atoms with Gasteiger partial charge in [-0.3, -0.25) is 9.59 Å². The van der Waals surface area contributed by atoms with Crippen LogP contribution in [0.2, 0.25) is 0 Å². The molecule has 5 rings (SSSR count). The van der Waals surface area contributed by atoms with Crippen molar-refractivity contribution in [2.75, 3.05) is 0 Å². The average Bonchev–Trinajstić information content (AvgIpc) is 3.17. The zero-order valence-corrected chi connectivity index (χ0v) is 19.8. The standard InChI is InChI=1S/C25H27BrN4O2/c1-25(24(32)27-18-10-3-2-4-11-18)16-29-21-14-8-7-13-20(21)28-22(29)23(31)30(25)15-17-9-5-6-12-19(17)26/h5-9,12-14,18H,2-4,10-11,15-16H2,1H3,(H,27,32)/t25-/m0/s1. The molecule has 0 spiro atoms. The molecule has 7 heteroatoms. The molecule has 1 N–H and O–H groups in total. The molecule has 1 aliphatic heterocycles. The van der Waals surface area contributed by atoms with Gasteiger partial charge in [-0.05, 0) is 43.5 Å². The minimum Gasteiger partial charge on any atom is -0.351 e. The normalized spacial score (nSPS) is 21.6. The van der Waals surface area contributed by atoms with Gasteiger partial charge in [-0.1, -0.05) is 65.5 Å². The second-order valence-electron chi connectivity index (χ2n) is 9.08. The van der Waals surface area contributed by atoms with Gasteiger partial charge in [0.05, 0.1) is 17.6 Å². The molecule has 6 nitrogen and oxygen atoms in total. The van der Waals surface area contributed by atoms with Crippen molar-refractivity contribution in [3.8, 4) is 0 Å². The molecule has 166 valence electrons. The fourth-order valence-electron chi connectivity index (χ4n) is 4.96. The van der Waals surface area contributed by atoms with E-state index in [4.69, 9.17) is 0 Å². The summed E-state index contributed by atoms with van der Waals surface area (Å²) in [7, 11) is 0.